The summed E-state index contributed by atoms with van der Waals surface area (Å²) in [6.45, 7) is 7.32. The van der Waals surface area contributed by atoms with Crippen molar-refractivity contribution < 1.29 is 23.9 Å². The number of anilines is 1. The normalized spacial score (nSPS) is 13.4. The predicted molar refractivity (Wildman–Crippen MR) is 132 cm³/mol. The molecule has 0 bridgehead atoms. The summed E-state index contributed by atoms with van der Waals surface area (Å²) in [5, 5.41) is 3.40. The van der Waals surface area contributed by atoms with Gasteiger partial charge in [-0.1, -0.05) is 18.2 Å². The van der Waals surface area contributed by atoms with Crippen LogP contribution in [0.25, 0.3) is 10.9 Å². The lowest BCUT2D eigenvalue weighted by Gasteiger charge is -2.32. The average Bonchev–Trinajstić information content (AvgIpc) is 2.86. The summed E-state index contributed by atoms with van der Waals surface area (Å²) in [7, 11) is 0. The van der Waals surface area contributed by atoms with E-state index in [2.05, 4.69) is 24.1 Å². The maximum absolute atomic E-state index is 13.2. The molecular weight excluding hydrogens is 446 g/mol. The molecule has 1 aliphatic heterocycles. The van der Waals surface area contributed by atoms with Gasteiger partial charge in [-0.25, -0.2) is 9.59 Å². The fourth-order valence-corrected chi connectivity index (χ4v) is 4.19. The number of carbonyl (C=O) groups is 3. The van der Waals surface area contributed by atoms with Crippen molar-refractivity contribution in [2.75, 3.05) is 25.1 Å². The van der Waals surface area contributed by atoms with E-state index in [0.717, 1.165) is 35.1 Å². The Bertz CT molecular complexity index is 1250. The van der Waals surface area contributed by atoms with Crippen LogP contribution < -0.4 is 5.32 Å². The zero-order valence-electron chi connectivity index (χ0n) is 20.2. The summed E-state index contributed by atoms with van der Waals surface area (Å²) in [6.07, 6.45) is 0.751. The van der Waals surface area contributed by atoms with Crippen LogP contribution in [0.4, 0.5) is 5.69 Å². The van der Waals surface area contributed by atoms with Crippen molar-refractivity contribution in [2.24, 2.45) is 0 Å². The van der Waals surface area contributed by atoms with Gasteiger partial charge in [0, 0.05) is 47.9 Å². The molecule has 0 spiro atoms. The van der Waals surface area contributed by atoms with Gasteiger partial charge in [0.1, 0.15) is 0 Å². The van der Waals surface area contributed by atoms with Crippen LogP contribution in [0.5, 0.6) is 0 Å². The molecule has 0 saturated carbocycles. The van der Waals surface area contributed by atoms with Crippen molar-refractivity contribution in [3.05, 3.63) is 70.9 Å². The highest BCUT2D eigenvalue weighted by molar-refractivity contribution is 6.06. The Morgan fingerprint density at radius 3 is 2.49 bits per heavy atom. The molecule has 8 nitrogen and oxygen atoms in total. The highest BCUT2D eigenvalue weighted by atomic mass is 16.5. The highest BCUT2D eigenvalue weighted by Crippen LogP contribution is 2.29. The Labute approximate surface area is 204 Å². The summed E-state index contributed by atoms with van der Waals surface area (Å²) < 4.78 is 10.4. The Kier molecular flexibility index (Phi) is 7.41. The first-order valence-corrected chi connectivity index (χ1v) is 11.8. The Morgan fingerprint density at radius 2 is 1.77 bits per heavy atom. The first-order valence-electron chi connectivity index (χ1n) is 11.8. The molecule has 4 rings (SSSR count). The third kappa shape index (κ3) is 5.49. The van der Waals surface area contributed by atoms with Gasteiger partial charge in [0.15, 0.2) is 6.61 Å². The summed E-state index contributed by atoms with van der Waals surface area (Å²) >= 11 is 0. The summed E-state index contributed by atoms with van der Waals surface area (Å²) in [6, 6.07) is 14.2. The van der Waals surface area contributed by atoms with Crippen molar-refractivity contribution in [1.29, 1.82) is 0 Å². The van der Waals surface area contributed by atoms with Crippen LogP contribution in [0.15, 0.2) is 48.5 Å². The molecule has 0 unspecified atom stereocenters. The lowest BCUT2D eigenvalue weighted by molar-refractivity contribution is -0.119. The number of nitrogens with zero attached hydrogens (tertiary/aromatic N) is 2. The number of ether oxygens (including phenoxy) is 2. The van der Waals surface area contributed by atoms with Crippen molar-refractivity contribution in [3.8, 4) is 0 Å². The van der Waals surface area contributed by atoms with Crippen molar-refractivity contribution in [2.45, 2.75) is 39.8 Å². The molecular formula is C27H29N3O5. The van der Waals surface area contributed by atoms with Gasteiger partial charge in [-0.3, -0.25) is 14.7 Å². The van der Waals surface area contributed by atoms with Gasteiger partial charge < -0.3 is 14.8 Å². The SMILES string of the molecule is CCOC(=O)c1ccc(NC(=O)COC(=O)c2c3c(nc4ccccc24)CCN(C(C)C)C3)cc1. The molecule has 1 aliphatic rings. The molecule has 182 valence electrons. The summed E-state index contributed by atoms with van der Waals surface area (Å²) in [4.78, 5) is 44.6. The molecule has 0 radical (unpaired) electrons. The minimum Gasteiger partial charge on any atom is -0.462 e. The maximum Gasteiger partial charge on any atom is 0.339 e. The van der Waals surface area contributed by atoms with Crippen LogP contribution in [0.3, 0.4) is 0 Å². The lowest BCUT2D eigenvalue weighted by atomic mass is 9.95. The van der Waals surface area contributed by atoms with Crippen LogP contribution in [0.2, 0.25) is 0 Å². The molecule has 1 N–H and O–H groups in total. The van der Waals surface area contributed by atoms with E-state index in [1.165, 1.54) is 0 Å². The molecule has 0 saturated heterocycles. The van der Waals surface area contributed by atoms with Crippen LogP contribution in [0, 0.1) is 0 Å². The molecule has 3 aromatic rings. The van der Waals surface area contributed by atoms with Crippen LogP contribution in [0.1, 0.15) is 52.7 Å². The second kappa shape index (κ2) is 10.7. The third-order valence-corrected chi connectivity index (χ3v) is 6.02. The van der Waals surface area contributed by atoms with Crippen LogP contribution >= 0.6 is 0 Å². The second-order valence-electron chi connectivity index (χ2n) is 8.67. The number of rotatable bonds is 7. The van der Waals surface area contributed by atoms with E-state index >= 15 is 0 Å². The minimum absolute atomic E-state index is 0.286. The minimum atomic E-state index is -0.543. The van der Waals surface area contributed by atoms with Crippen molar-refractivity contribution in [3.63, 3.8) is 0 Å². The van der Waals surface area contributed by atoms with E-state index in [-0.39, 0.29) is 6.61 Å². The van der Waals surface area contributed by atoms with Crippen LogP contribution in [-0.4, -0.2) is 53.5 Å². The van der Waals surface area contributed by atoms with Gasteiger partial charge in [-0.15, -0.1) is 0 Å². The second-order valence-corrected chi connectivity index (χ2v) is 8.67. The van der Waals surface area contributed by atoms with Gasteiger partial charge in [0.2, 0.25) is 0 Å². The number of para-hydroxylation sites is 1. The smallest absolute Gasteiger partial charge is 0.339 e. The first-order chi connectivity index (χ1) is 16.9. The average molecular weight is 476 g/mol. The molecule has 0 atom stereocenters. The first kappa shape index (κ1) is 24.3. The number of aromatic nitrogens is 1. The fraction of sp³-hybridized carbons (Fsp3) is 0.333. The monoisotopic (exact) mass is 475 g/mol. The highest BCUT2D eigenvalue weighted by Gasteiger charge is 2.27. The molecule has 2 aromatic carbocycles. The number of nitrogens with one attached hydrogen (secondary N) is 1. The fourth-order valence-electron chi connectivity index (χ4n) is 4.19. The van der Waals surface area contributed by atoms with E-state index in [1.54, 1.807) is 31.2 Å². The maximum atomic E-state index is 13.2. The lowest BCUT2D eigenvalue weighted by Crippen LogP contribution is -2.37. The van der Waals surface area contributed by atoms with Crippen LogP contribution in [-0.2, 0) is 27.2 Å². The number of fused-ring (bicyclic) bond motifs is 2. The summed E-state index contributed by atoms with van der Waals surface area (Å²) in [5.74, 6) is -1.44. The molecule has 35 heavy (non-hydrogen) atoms. The van der Waals surface area contributed by atoms with E-state index < -0.39 is 24.5 Å². The van der Waals surface area contributed by atoms with E-state index in [0.29, 0.717) is 29.4 Å². The van der Waals surface area contributed by atoms with Gasteiger partial charge in [-0.05, 0) is 51.1 Å². The number of benzene rings is 2. The molecule has 1 aromatic heterocycles. The van der Waals surface area contributed by atoms with Gasteiger partial charge >= 0.3 is 11.9 Å². The summed E-state index contributed by atoms with van der Waals surface area (Å²) in [5.41, 5.74) is 3.85. The predicted octanol–water partition coefficient (Wildman–Crippen LogP) is 3.97. The van der Waals surface area contributed by atoms with E-state index in [9.17, 15) is 14.4 Å². The van der Waals surface area contributed by atoms with Gasteiger partial charge in [0.25, 0.3) is 5.91 Å². The number of hydrogen-bond donors (Lipinski definition) is 1. The topological polar surface area (TPSA) is 97.8 Å². The standard InChI is InChI=1S/C27H29N3O5/c1-4-34-26(32)18-9-11-19(12-10-18)28-24(31)16-35-27(33)25-20-7-5-6-8-22(20)29-23-13-14-30(17(2)3)15-21(23)25/h5-12,17H,4,13-16H2,1-3H3,(H,28,31). The van der Waals surface area contributed by atoms with Gasteiger partial charge in [-0.2, -0.15) is 0 Å². The zero-order chi connectivity index (χ0) is 24.9. The van der Waals surface area contributed by atoms with Gasteiger partial charge in [0.05, 0.1) is 23.3 Å². The largest absolute Gasteiger partial charge is 0.462 e. The quantitative estimate of drug-likeness (QED) is 0.516. The Hall–Kier alpha value is -3.78. The Morgan fingerprint density at radius 1 is 1.03 bits per heavy atom. The Balaban J connectivity index is 1.48. The van der Waals surface area contributed by atoms with Crippen molar-refractivity contribution in [1.82, 2.24) is 9.88 Å². The molecule has 8 heteroatoms. The molecule has 2 heterocycles. The van der Waals surface area contributed by atoms with E-state index in [1.807, 2.05) is 24.3 Å². The zero-order valence-corrected chi connectivity index (χ0v) is 20.2. The number of amides is 1. The molecule has 0 aliphatic carbocycles. The number of pyridine rings is 1. The molecule has 1 amide bonds. The third-order valence-electron chi connectivity index (χ3n) is 6.02. The van der Waals surface area contributed by atoms with E-state index in [4.69, 9.17) is 14.5 Å². The number of carbonyl (C=O) groups excluding carboxylic acids is 3. The number of esters is 2. The molecule has 0 fully saturated rings. The van der Waals surface area contributed by atoms with Crippen molar-refractivity contribution >= 4 is 34.4 Å². The number of hydrogen-bond acceptors (Lipinski definition) is 7.